The number of aryl methyl sites for hydroxylation is 1. The van der Waals surface area contributed by atoms with Crippen LogP contribution in [0.2, 0.25) is 0 Å². The van der Waals surface area contributed by atoms with Gasteiger partial charge in [-0.05, 0) is 6.92 Å². The van der Waals surface area contributed by atoms with E-state index in [9.17, 15) is 0 Å². The number of aromatic nitrogens is 2. The molecule has 1 aromatic rings. The van der Waals surface area contributed by atoms with Crippen LogP contribution in [0.3, 0.4) is 0 Å². The minimum Gasteiger partial charge on any atom is -0.350 e. The van der Waals surface area contributed by atoms with Gasteiger partial charge >= 0.3 is 0 Å². The molecule has 2 heterocycles. The van der Waals surface area contributed by atoms with Gasteiger partial charge in [0.05, 0.1) is 18.6 Å². The van der Waals surface area contributed by atoms with Gasteiger partial charge in [0, 0.05) is 0 Å². The Hall–Kier alpha value is -1.32. The fourth-order valence-corrected chi connectivity index (χ4v) is 0.942. The third-order valence-corrected chi connectivity index (χ3v) is 1.40. The Balaban J connectivity index is 2.52. The summed E-state index contributed by atoms with van der Waals surface area (Å²) < 4.78 is 0. The van der Waals surface area contributed by atoms with Crippen LogP contribution in [0.4, 0.5) is 11.6 Å². The molecule has 0 amide bonds. The van der Waals surface area contributed by atoms with Crippen molar-refractivity contribution in [3.05, 3.63) is 11.9 Å². The van der Waals surface area contributed by atoms with Crippen LogP contribution in [0.25, 0.3) is 0 Å². The molecule has 0 spiro atoms. The highest BCUT2D eigenvalue weighted by atomic mass is 15.2. The van der Waals surface area contributed by atoms with Crippen molar-refractivity contribution >= 4 is 11.6 Å². The Morgan fingerprint density at radius 2 is 2.20 bits per heavy atom. The van der Waals surface area contributed by atoms with E-state index in [1.54, 1.807) is 6.20 Å². The molecule has 4 nitrogen and oxygen atoms in total. The first kappa shape index (κ1) is 5.46. The molecule has 0 saturated heterocycles. The SMILES string of the molecule is Cc1cnc2c(n1)NCN2. The Kier molecular flexibility index (Phi) is 1.00. The number of hydrogen-bond donors (Lipinski definition) is 2. The van der Waals surface area contributed by atoms with Crippen molar-refractivity contribution in [3.8, 4) is 0 Å². The van der Waals surface area contributed by atoms with Crippen LogP contribution in [0.5, 0.6) is 0 Å². The van der Waals surface area contributed by atoms with Gasteiger partial charge in [0.15, 0.2) is 11.6 Å². The summed E-state index contributed by atoms with van der Waals surface area (Å²) in [6.45, 7) is 2.66. The Morgan fingerprint density at radius 1 is 1.40 bits per heavy atom. The van der Waals surface area contributed by atoms with Crippen LogP contribution in [0.1, 0.15) is 5.69 Å². The summed E-state index contributed by atoms with van der Waals surface area (Å²) in [5.74, 6) is 1.71. The Labute approximate surface area is 58.7 Å². The first-order chi connectivity index (χ1) is 4.86. The van der Waals surface area contributed by atoms with Gasteiger partial charge in [-0.15, -0.1) is 0 Å². The van der Waals surface area contributed by atoms with Gasteiger partial charge in [0.2, 0.25) is 0 Å². The van der Waals surface area contributed by atoms with Crippen LogP contribution >= 0.6 is 0 Å². The van der Waals surface area contributed by atoms with Gasteiger partial charge in [0.25, 0.3) is 0 Å². The molecule has 1 aromatic heterocycles. The van der Waals surface area contributed by atoms with Crippen molar-refractivity contribution < 1.29 is 0 Å². The van der Waals surface area contributed by atoms with E-state index in [-0.39, 0.29) is 0 Å². The maximum atomic E-state index is 4.22. The van der Waals surface area contributed by atoms with Gasteiger partial charge in [-0.2, -0.15) is 0 Å². The van der Waals surface area contributed by atoms with Crippen LogP contribution < -0.4 is 10.6 Å². The second kappa shape index (κ2) is 1.83. The van der Waals surface area contributed by atoms with E-state index in [1.807, 2.05) is 6.92 Å². The zero-order valence-corrected chi connectivity index (χ0v) is 5.68. The van der Waals surface area contributed by atoms with Gasteiger partial charge in [-0.1, -0.05) is 0 Å². The maximum absolute atomic E-state index is 4.22. The van der Waals surface area contributed by atoms with Gasteiger partial charge in [-0.3, -0.25) is 0 Å². The first-order valence-corrected chi connectivity index (χ1v) is 3.17. The van der Waals surface area contributed by atoms with E-state index in [4.69, 9.17) is 0 Å². The average molecular weight is 136 g/mol. The van der Waals surface area contributed by atoms with E-state index in [0.717, 1.165) is 24.0 Å². The molecule has 1 aliphatic heterocycles. The normalized spacial score (nSPS) is 13.7. The molecule has 10 heavy (non-hydrogen) atoms. The van der Waals surface area contributed by atoms with Crippen LogP contribution in [-0.4, -0.2) is 16.6 Å². The zero-order valence-electron chi connectivity index (χ0n) is 5.68. The average Bonchev–Trinajstić information content (AvgIpc) is 2.33. The molecular weight excluding hydrogens is 128 g/mol. The summed E-state index contributed by atoms with van der Waals surface area (Å²) >= 11 is 0. The predicted octanol–water partition coefficient (Wildman–Crippen LogP) is 0.580. The van der Waals surface area contributed by atoms with Gasteiger partial charge in [0.1, 0.15) is 0 Å². The fourth-order valence-electron chi connectivity index (χ4n) is 0.942. The first-order valence-electron chi connectivity index (χ1n) is 3.17. The zero-order chi connectivity index (χ0) is 6.97. The number of rotatable bonds is 0. The summed E-state index contributed by atoms with van der Waals surface area (Å²) in [7, 11) is 0. The highest BCUT2D eigenvalue weighted by molar-refractivity contribution is 5.64. The minimum atomic E-state index is 0.735. The number of hydrogen-bond acceptors (Lipinski definition) is 4. The molecular formula is C6H8N4. The van der Waals surface area contributed by atoms with Crippen molar-refractivity contribution in [2.24, 2.45) is 0 Å². The molecule has 2 rings (SSSR count). The van der Waals surface area contributed by atoms with E-state index >= 15 is 0 Å². The summed E-state index contributed by atoms with van der Waals surface area (Å²) in [6, 6.07) is 0. The Morgan fingerprint density at radius 3 is 3.10 bits per heavy atom. The van der Waals surface area contributed by atoms with E-state index in [0.29, 0.717) is 0 Å². The molecule has 0 atom stereocenters. The van der Waals surface area contributed by atoms with Crippen LogP contribution in [0.15, 0.2) is 6.20 Å². The number of fused-ring (bicyclic) bond motifs is 1. The minimum absolute atomic E-state index is 0.735. The number of anilines is 2. The summed E-state index contributed by atoms with van der Waals surface area (Å²) in [5, 5.41) is 6.10. The summed E-state index contributed by atoms with van der Waals surface area (Å²) in [5.41, 5.74) is 0.940. The largest absolute Gasteiger partial charge is 0.350 e. The smallest absolute Gasteiger partial charge is 0.170 e. The standard InChI is InChI=1S/C6H8N4/c1-4-2-7-5-6(10-4)9-3-8-5/h2H,3H2,1H3,(H,7,8)(H,9,10). The molecule has 0 saturated carbocycles. The number of nitrogens with one attached hydrogen (secondary N) is 2. The van der Waals surface area contributed by atoms with E-state index in [1.165, 1.54) is 0 Å². The molecule has 2 N–H and O–H groups in total. The third kappa shape index (κ3) is 0.689. The lowest BCUT2D eigenvalue weighted by atomic mass is 10.5. The van der Waals surface area contributed by atoms with Crippen molar-refractivity contribution in [1.82, 2.24) is 9.97 Å². The summed E-state index contributed by atoms with van der Waals surface area (Å²) in [4.78, 5) is 8.34. The number of nitrogens with zero attached hydrogens (tertiary/aromatic N) is 2. The van der Waals surface area contributed by atoms with Crippen molar-refractivity contribution in [1.29, 1.82) is 0 Å². The second-order valence-electron chi connectivity index (χ2n) is 2.24. The lowest BCUT2D eigenvalue weighted by molar-refractivity contribution is 1.14. The maximum Gasteiger partial charge on any atom is 0.170 e. The molecule has 0 unspecified atom stereocenters. The van der Waals surface area contributed by atoms with Gasteiger partial charge < -0.3 is 10.6 Å². The molecule has 0 aliphatic carbocycles. The predicted molar refractivity (Wildman–Crippen MR) is 38.9 cm³/mol. The monoisotopic (exact) mass is 136 g/mol. The molecule has 4 heteroatoms. The van der Waals surface area contributed by atoms with E-state index in [2.05, 4.69) is 20.6 Å². The summed E-state index contributed by atoms with van der Waals surface area (Å²) in [6.07, 6.45) is 1.75. The molecule has 0 radical (unpaired) electrons. The van der Waals surface area contributed by atoms with Crippen LogP contribution in [-0.2, 0) is 0 Å². The van der Waals surface area contributed by atoms with E-state index < -0.39 is 0 Å². The molecule has 1 aliphatic rings. The lowest BCUT2D eigenvalue weighted by Crippen LogP contribution is -1.99. The van der Waals surface area contributed by atoms with Crippen molar-refractivity contribution in [2.75, 3.05) is 17.3 Å². The van der Waals surface area contributed by atoms with Crippen LogP contribution in [0, 0.1) is 6.92 Å². The van der Waals surface area contributed by atoms with Crippen molar-refractivity contribution in [3.63, 3.8) is 0 Å². The second-order valence-corrected chi connectivity index (χ2v) is 2.24. The van der Waals surface area contributed by atoms with Gasteiger partial charge in [-0.25, -0.2) is 9.97 Å². The lowest BCUT2D eigenvalue weighted by Gasteiger charge is -1.95. The highest BCUT2D eigenvalue weighted by Gasteiger charge is 2.10. The quantitative estimate of drug-likeness (QED) is 0.547. The molecule has 52 valence electrons. The molecule has 0 aromatic carbocycles. The Bertz CT molecular complexity index is 258. The molecule has 0 bridgehead atoms. The molecule has 0 fully saturated rings. The van der Waals surface area contributed by atoms with Crippen molar-refractivity contribution in [2.45, 2.75) is 6.92 Å². The third-order valence-electron chi connectivity index (χ3n) is 1.40. The topological polar surface area (TPSA) is 49.8 Å². The highest BCUT2D eigenvalue weighted by Crippen LogP contribution is 2.19. The fraction of sp³-hybridized carbons (Fsp3) is 0.333.